The molecule has 0 radical (unpaired) electrons. The van der Waals surface area contributed by atoms with E-state index < -0.39 is 5.60 Å². The van der Waals surface area contributed by atoms with E-state index in [1.807, 2.05) is 0 Å². The van der Waals surface area contributed by atoms with E-state index >= 15 is 0 Å². The molecule has 104 valence electrons. The predicted octanol–water partition coefficient (Wildman–Crippen LogP) is 4.17. The fraction of sp³-hybridized carbons (Fsp3) is 0.444. The van der Waals surface area contributed by atoms with Gasteiger partial charge in [-0.2, -0.15) is 11.8 Å². The van der Waals surface area contributed by atoms with Gasteiger partial charge in [0.1, 0.15) is 0 Å². The highest BCUT2D eigenvalue weighted by Gasteiger charge is 2.43. The number of rotatable bonds is 2. The predicted molar refractivity (Wildman–Crippen MR) is 86.2 cm³/mol. The van der Waals surface area contributed by atoms with Crippen molar-refractivity contribution >= 4 is 22.5 Å². The summed E-state index contributed by atoms with van der Waals surface area (Å²) in [6.07, 6.45) is 5.34. The summed E-state index contributed by atoms with van der Waals surface area (Å²) in [5, 5.41) is 15.0. The molecule has 2 aromatic rings. The van der Waals surface area contributed by atoms with Gasteiger partial charge < -0.3 is 5.11 Å². The van der Waals surface area contributed by atoms with Gasteiger partial charge in [-0.05, 0) is 42.0 Å². The number of hydrogen-bond acceptors (Lipinski definition) is 2. The van der Waals surface area contributed by atoms with Crippen LogP contribution in [0.15, 0.2) is 42.5 Å². The molecule has 2 aromatic carbocycles. The molecule has 0 saturated carbocycles. The molecular formula is C18H20OS. The van der Waals surface area contributed by atoms with Crippen LogP contribution in [0.3, 0.4) is 0 Å². The third-order valence-corrected chi connectivity index (χ3v) is 6.38. The monoisotopic (exact) mass is 284 g/mol. The Bertz CT molecular complexity index is 619. The molecule has 2 aliphatic heterocycles. The number of benzene rings is 2. The Morgan fingerprint density at radius 2 is 1.70 bits per heavy atom. The maximum atomic E-state index is 11.1. The SMILES string of the molecule is OC1(Cc2cccc3ccccc23)CC2CCC(C1)S2. The Labute approximate surface area is 124 Å². The number of fused-ring (bicyclic) bond motifs is 3. The molecule has 2 saturated heterocycles. The van der Waals surface area contributed by atoms with E-state index in [-0.39, 0.29) is 0 Å². The first-order valence-electron chi connectivity index (χ1n) is 7.56. The molecule has 2 atom stereocenters. The molecule has 20 heavy (non-hydrogen) atoms. The fourth-order valence-electron chi connectivity index (χ4n) is 3.96. The van der Waals surface area contributed by atoms with E-state index in [4.69, 9.17) is 0 Å². The third-order valence-electron chi connectivity index (χ3n) is 4.81. The fourth-order valence-corrected chi connectivity index (χ4v) is 5.86. The Morgan fingerprint density at radius 3 is 2.50 bits per heavy atom. The van der Waals surface area contributed by atoms with Crippen LogP contribution in [0.4, 0.5) is 0 Å². The van der Waals surface area contributed by atoms with Crippen molar-refractivity contribution in [3.63, 3.8) is 0 Å². The summed E-state index contributed by atoms with van der Waals surface area (Å²) in [5.74, 6) is 0. The van der Waals surface area contributed by atoms with Crippen LogP contribution < -0.4 is 0 Å². The van der Waals surface area contributed by atoms with Crippen molar-refractivity contribution in [3.05, 3.63) is 48.0 Å². The normalized spacial score (nSPS) is 32.6. The van der Waals surface area contributed by atoms with Crippen LogP contribution in [0.1, 0.15) is 31.2 Å². The van der Waals surface area contributed by atoms with Crippen molar-refractivity contribution in [2.75, 3.05) is 0 Å². The van der Waals surface area contributed by atoms with E-state index in [0.29, 0.717) is 10.5 Å². The second-order valence-electron chi connectivity index (χ2n) is 6.41. The quantitative estimate of drug-likeness (QED) is 0.893. The number of aliphatic hydroxyl groups is 1. The van der Waals surface area contributed by atoms with Crippen LogP contribution in [0, 0.1) is 0 Å². The lowest BCUT2D eigenvalue weighted by Crippen LogP contribution is -2.39. The van der Waals surface area contributed by atoms with Crippen LogP contribution in [0.2, 0.25) is 0 Å². The lowest BCUT2D eigenvalue weighted by atomic mass is 9.85. The highest BCUT2D eigenvalue weighted by Crippen LogP contribution is 2.48. The zero-order valence-corrected chi connectivity index (χ0v) is 12.4. The molecule has 2 aliphatic rings. The zero-order chi connectivity index (χ0) is 13.6. The topological polar surface area (TPSA) is 20.2 Å². The zero-order valence-electron chi connectivity index (χ0n) is 11.6. The molecule has 4 rings (SSSR count). The van der Waals surface area contributed by atoms with Gasteiger partial charge in [0.25, 0.3) is 0 Å². The second-order valence-corrected chi connectivity index (χ2v) is 8.01. The molecule has 2 unspecified atom stereocenters. The molecule has 2 heterocycles. The van der Waals surface area contributed by atoms with Crippen molar-refractivity contribution < 1.29 is 5.11 Å². The van der Waals surface area contributed by atoms with Gasteiger partial charge >= 0.3 is 0 Å². The Morgan fingerprint density at radius 1 is 1.00 bits per heavy atom. The maximum Gasteiger partial charge on any atom is 0.0709 e. The van der Waals surface area contributed by atoms with Gasteiger partial charge in [-0.3, -0.25) is 0 Å². The van der Waals surface area contributed by atoms with Gasteiger partial charge in [-0.1, -0.05) is 42.5 Å². The van der Waals surface area contributed by atoms with Gasteiger partial charge in [0.15, 0.2) is 0 Å². The Balaban J connectivity index is 1.67. The van der Waals surface area contributed by atoms with Crippen molar-refractivity contribution in [3.8, 4) is 0 Å². The first kappa shape index (κ1) is 12.7. The molecule has 0 aromatic heterocycles. The van der Waals surface area contributed by atoms with Crippen molar-refractivity contribution in [1.29, 1.82) is 0 Å². The second kappa shape index (κ2) is 4.78. The van der Waals surface area contributed by atoms with Crippen molar-refractivity contribution in [2.24, 2.45) is 0 Å². The highest BCUT2D eigenvalue weighted by molar-refractivity contribution is 8.00. The van der Waals surface area contributed by atoms with Gasteiger partial charge in [0.05, 0.1) is 5.60 Å². The summed E-state index contributed by atoms with van der Waals surface area (Å²) in [7, 11) is 0. The lowest BCUT2D eigenvalue weighted by Gasteiger charge is -2.36. The van der Waals surface area contributed by atoms with Gasteiger partial charge in [-0.15, -0.1) is 0 Å². The lowest BCUT2D eigenvalue weighted by molar-refractivity contribution is 0.0245. The largest absolute Gasteiger partial charge is 0.389 e. The van der Waals surface area contributed by atoms with Crippen molar-refractivity contribution in [2.45, 2.75) is 48.2 Å². The molecule has 0 spiro atoms. The van der Waals surface area contributed by atoms with Crippen LogP contribution in [0.5, 0.6) is 0 Å². The summed E-state index contributed by atoms with van der Waals surface area (Å²) in [5.41, 5.74) is 0.818. The minimum Gasteiger partial charge on any atom is -0.389 e. The van der Waals surface area contributed by atoms with E-state index in [0.717, 1.165) is 19.3 Å². The first-order valence-corrected chi connectivity index (χ1v) is 8.51. The van der Waals surface area contributed by atoms with E-state index in [1.54, 1.807) is 0 Å². The number of thioether (sulfide) groups is 1. The molecule has 2 bridgehead atoms. The van der Waals surface area contributed by atoms with Gasteiger partial charge in [0, 0.05) is 16.9 Å². The first-order chi connectivity index (χ1) is 9.72. The Hall–Kier alpha value is -0.990. The van der Waals surface area contributed by atoms with Gasteiger partial charge in [-0.25, -0.2) is 0 Å². The standard InChI is InChI=1S/C18H20OS/c19-18(11-15-8-9-16(12-18)20-15)10-14-6-3-5-13-4-1-2-7-17(13)14/h1-7,15-16,19H,8-12H2. The molecule has 0 aliphatic carbocycles. The summed E-state index contributed by atoms with van der Waals surface area (Å²) < 4.78 is 0. The van der Waals surface area contributed by atoms with Crippen molar-refractivity contribution in [1.82, 2.24) is 0 Å². The smallest absolute Gasteiger partial charge is 0.0709 e. The Kier molecular flexibility index (Phi) is 3.04. The molecule has 2 fully saturated rings. The maximum absolute atomic E-state index is 11.1. The summed E-state index contributed by atoms with van der Waals surface area (Å²) in [4.78, 5) is 0. The average molecular weight is 284 g/mol. The molecule has 0 amide bonds. The summed E-state index contributed by atoms with van der Waals surface area (Å²) >= 11 is 2.11. The van der Waals surface area contributed by atoms with E-state index in [1.165, 1.54) is 29.2 Å². The summed E-state index contributed by atoms with van der Waals surface area (Å²) in [6.45, 7) is 0. The van der Waals surface area contributed by atoms with E-state index in [2.05, 4.69) is 54.2 Å². The summed E-state index contributed by atoms with van der Waals surface area (Å²) in [6, 6.07) is 15.0. The molecule has 1 nitrogen and oxygen atoms in total. The van der Waals surface area contributed by atoms with Crippen LogP contribution in [0.25, 0.3) is 10.8 Å². The van der Waals surface area contributed by atoms with Crippen LogP contribution >= 0.6 is 11.8 Å². The molecular weight excluding hydrogens is 264 g/mol. The third kappa shape index (κ3) is 2.25. The van der Waals surface area contributed by atoms with Crippen LogP contribution in [-0.4, -0.2) is 21.2 Å². The minimum atomic E-state index is -0.485. The molecule has 2 heteroatoms. The minimum absolute atomic E-state index is 0.485. The average Bonchev–Trinajstić information content (AvgIpc) is 2.79. The highest BCUT2D eigenvalue weighted by atomic mass is 32.2. The number of hydrogen-bond donors (Lipinski definition) is 1. The van der Waals surface area contributed by atoms with Gasteiger partial charge in [0.2, 0.25) is 0 Å². The van der Waals surface area contributed by atoms with Crippen LogP contribution in [-0.2, 0) is 6.42 Å². The van der Waals surface area contributed by atoms with E-state index in [9.17, 15) is 5.11 Å². The molecule has 1 N–H and O–H groups in total.